The standard InChI is InChI=1S/C39H42N6O2Si/c1-28(2)45-27-41-43-37(45)34-20-13-21-35(42-34)38-40-25-36(46-38)29-14-12-15-30(24-29)44-23-22-31(26-44)47-48(39(3,4)5,32-16-8-6-9-17-32)33-18-10-7-11-19-33/h6-21,24-25,27-28,31H,22-23,26H2,1-5H3. The lowest BCUT2D eigenvalue weighted by Gasteiger charge is -2.44. The molecule has 1 aliphatic heterocycles. The lowest BCUT2D eigenvalue weighted by Crippen LogP contribution is -2.67. The molecule has 48 heavy (non-hydrogen) atoms. The number of hydrogen-bond donors (Lipinski definition) is 0. The normalized spacial score (nSPS) is 15.4. The van der Waals surface area contributed by atoms with Gasteiger partial charge in [-0.2, -0.15) is 0 Å². The van der Waals surface area contributed by atoms with Crippen LogP contribution < -0.4 is 15.3 Å². The third-order valence-corrected chi connectivity index (χ3v) is 14.3. The summed E-state index contributed by atoms with van der Waals surface area (Å²) in [6, 6.07) is 36.3. The van der Waals surface area contributed by atoms with E-state index >= 15 is 0 Å². The molecule has 0 aliphatic carbocycles. The maximum atomic E-state index is 7.46. The maximum Gasteiger partial charge on any atom is 0.261 e. The van der Waals surface area contributed by atoms with E-state index in [9.17, 15) is 0 Å². The largest absolute Gasteiger partial charge is 0.435 e. The van der Waals surface area contributed by atoms with Crippen LogP contribution >= 0.6 is 0 Å². The minimum Gasteiger partial charge on any atom is -0.435 e. The van der Waals surface area contributed by atoms with Crippen LogP contribution in [0.15, 0.2) is 120 Å². The molecule has 1 aliphatic rings. The Morgan fingerprint density at radius 1 is 0.854 bits per heavy atom. The van der Waals surface area contributed by atoms with Gasteiger partial charge in [-0.15, -0.1) is 10.2 Å². The number of aromatic nitrogens is 5. The molecule has 0 N–H and O–H groups in total. The minimum absolute atomic E-state index is 0.0619. The zero-order valence-electron chi connectivity index (χ0n) is 28.2. The van der Waals surface area contributed by atoms with Crippen LogP contribution in [0.25, 0.3) is 34.4 Å². The molecule has 0 amide bonds. The topological polar surface area (TPSA) is 82.1 Å². The van der Waals surface area contributed by atoms with Crippen molar-refractivity contribution in [2.24, 2.45) is 0 Å². The van der Waals surface area contributed by atoms with Gasteiger partial charge < -0.3 is 18.3 Å². The van der Waals surface area contributed by atoms with Crippen molar-refractivity contribution in [2.75, 3.05) is 18.0 Å². The Morgan fingerprint density at radius 2 is 1.54 bits per heavy atom. The van der Waals surface area contributed by atoms with E-state index < -0.39 is 8.32 Å². The molecule has 0 bridgehead atoms. The summed E-state index contributed by atoms with van der Waals surface area (Å²) in [6.45, 7) is 13.0. The Morgan fingerprint density at radius 3 is 2.23 bits per heavy atom. The van der Waals surface area contributed by atoms with E-state index in [1.165, 1.54) is 10.4 Å². The van der Waals surface area contributed by atoms with Gasteiger partial charge in [0.15, 0.2) is 11.6 Å². The summed E-state index contributed by atoms with van der Waals surface area (Å²) in [7, 11) is -2.63. The number of nitrogens with zero attached hydrogens (tertiary/aromatic N) is 6. The number of rotatable bonds is 9. The second-order valence-electron chi connectivity index (χ2n) is 13.8. The Kier molecular flexibility index (Phi) is 8.57. The van der Waals surface area contributed by atoms with Crippen LogP contribution in [0.1, 0.15) is 47.1 Å². The molecule has 4 heterocycles. The van der Waals surface area contributed by atoms with Gasteiger partial charge in [-0.3, -0.25) is 0 Å². The van der Waals surface area contributed by atoms with Gasteiger partial charge in [0.25, 0.3) is 8.32 Å². The zero-order valence-corrected chi connectivity index (χ0v) is 29.2. The fourth-order valence-corrected chi connectivity index (χ4v) is 11.6. The van der Waals surface area contributed by atoms with Crippen LogP contribution in [0.2, 0.25) is 5.04 Å². The molecule has 9 heteroatoms. The first-order chi connectivity index (χ1) is 23.2. The molecule has 7 rings (SSSR count). The summed E-state index contributed by atoms with van der Waals surface area (Å²) >= 11 is 0. The monoisotopic (exact) mass is 654 g/mol. The van der Waals surface area contributed by atoms with Crippen molar-refractivity contribution in [1.29, 1.82) is 0 Å². The molecule has 1 saturated heterocycles. The van der Waals surface area contributed by atoms with Crippen LogP contribution in [0.3, 0.4) is 0 Å². The quantitative estimate of drug-likeness (QED) is 0.150. The second-order valence-corrected chi connectivity index (χ2v) is 18.0. The van der Waals surface area contributed by atoms with Gasteiger partial charge in [-0.05, 0) is 59.9 Å². The number of benzene rings is 3. The fourth-order valence-electron chi connectivity index (χ4n) is 6.86. The molecule has 244 valence electrons. The van der Waals surface area contributed by atoms with Crippen molar-refractivity contribution in [3.8, 4) is 34.4 Å². The highest BCUT2D eigenvalue weighted by Crippen LogP contribution is 2.39. The molecule has 1 fully saturated rings. The third kappa shape index (κ3) is 6.00. The summed E-state index contributed by atoms with van der Waals surface area (Å²) in [5, 5.41) is 11.0. The van der Waals surface area contributed by atoms with Crippen LogP contribution in [-0.4, -0.2) is 52.2 Å². The average Bonchev–Trinajstić information content (AvgIpc) is 3.89. The second kappa shape index (κ2) is 13.0. The molecule has 1 atom stereocenters. The van der Waals surface area contributed by atoms with Crippen molar-refractivity contribution < 1.29 is 8.84 Å². The number of anilines is 1. The summed E-state index contributed by atoms with van der Waals surface area (Å²) in [5.74, 6) is 1.88. The predicted octanol–water partition coefficient (Wildman–Crippen LogP) is 7.40. The summed E-state index contributed by atoms with van der Waals surface area (Å²) in [5.41, 5.74) is 3.49. The van der Waals surface area contributed by atoms with Gasteiger partial charge in [0.1, 0.15) is 17.7 Å². The van der Waals surface area contributed by atoms with Crippen molar-refractivity contribution in [1.82, 2.24) is 24.7 Å². The highest BCUT2D eigenvalue weighted by atomic mass is 28.4. The van der Waals surface area contributed by atoms with E-state index in [0.29, 0.717) is 23.2 Å². The van der Waals surface area contributed by atoms with Gasteiger partial charge >= 0.3 is 0 Å². The molecule has 1 unspecified atom stereocenters. The molecule has 3 aromatic heterocycles. The van der Waals surface area contributed by atoms with Crippen molar-refractivity contribution in [3.63, 3.8) is 0 Å². The fraction of sp³-hybridized carbons (Fsp3) is 0.282. The SMILES string of the molecule is CC(C)n1cnnc1-c1cccc(-c2ncc(-c3cccc(N4CCC(O[Si](c5ccccc5)(c5ccccc5)C(C)(C)C)C4)c3)o2)n1. The first-order valence-electron chi connectivity index (χ1n) is 16.7. The van der Waals surface area contributed by atoms with Crippen LogP contribution in [0, 0.1) is 0 Å². The first-order valence-corrected chi connectivity index (χ1v) is 18.6. The third-order valence-electron chi connectivity index (χ3n) is 9.23. The highest BCUT2D eigenvalue weighted by Gasteiger charge is 2.52. The van der Waals surface area contributed by atoms with Gasteiger partial charge in [0.2, 0.25) is 5.89 Å². The van der Waals surface area contributed by atoms with E-state index in [1.54, 1.807) is 12.5 Å². The van der Waals surface area contributed by atoms with E-state index in [0.717, 1.165) is 36.5 Å². The van der Waals surface area contributed by atoms with E-state index in [4.69, 9.17) is 13.8 Å². The summed E-state index contributed by atoms with van der Waals surface area (Å²) < 4.78 is 15.8. The Hall–Kier alpha value is -4.86. The Balaban J connectivity index is 1.12. The number of pyridine rings is 1. The maximum absolute atomic E-state index is 7.46. The Bertz CT molecular complexity index is 1940. The minimum atomic E-state index is -2.63. The van der Waals surface area contributed by atoms with E-state index in [2.05, 4.69) is 140 Å². The van der Waals surface area contributed by atoms with Gasteiger partial charge in [0, 0.05) is 30.4 Å². The van der Waals surface area contributed by atoms with Crippen molar-refractivity contribution >= 4 is 24.4 Å². The molecule has 0 radical (unpaired) electrons. The molecule has 8 nitrogen and oxygen atoms in total. The van der Waals surface area contributed by atoms with Crippen LogP contribution in [0.5, 0.6) is 0 Å². The molecule has 6 aromatic rings. The average molecular weight is 655 g/mol. The molecule has 3 aromatic carbocycles. The van der Waals surface area contributed by atoms with Crippen molar-refractivity contribution in [2.45, 2.75) is 58.2 Å². The van der Waals surface area contributed by atoms with Crippen LogP contribution in [-0.2, 0) is 4.43 Å². The first kappa shape index (κ1) is 31.7. The van der Waals surface area contributed by atoms with Crippen LogP contribution in [0.4, 0.5) is 5.69 Å². The summed E-state index contributed by atoms with van der Waals surface area (Å²) in [6.07, 6.45) is 4.58. The molecule has 0 saturated carbocycles. The molecular formula is C39H42N6O2Si. The molecular weight excluding hydrogens is 613 g/mol. The highest BCUT2D eigenvalue weighted by molar-refractivity contribution is 6.99. The zero-order chi connectivity index (χ0) is 33.3. The number of oxazole rings is 1. The van der Waals surface area contributed by atoms with E-state index in [-0.39, 0.29) is 17.2 Å². The van der Waals surface area contributed by atoms with Gasteiger partial charge in [0.05, 0.1) is 12.3 Å². The van der Waals surface area contributed by atoms with Gasteiger partial charge in [-0.1, -0.05) is 99.6 Å². The Labute approximate surface area is 283 Å². The smallest absolute Gasteiger partial charge is 0.261 e. The predicted molar refractivity (Wildman–Crippen MR) is 194 cm³/mol. The lowest BCUT2D eigenvalue weighted by molar-refractivity contribution is 0.209. The summed E-state index contributed by atoms with van der Waals surface area (Å²) in [4.78, 5) is 11.8. The van der Waals surface area contributed by atoms with Crippen molar-refractivity contribution in [3.05, 3.63) is 116 Å². The van der Waals surface area contributed by atoms with Gasteiger partial charge in [-0.25, -0.2) is 9.97 Å². The molecule has 0 spiro atoms. The van der Waals surface area contributed by atoms with E-state index in [1.807, 2.05) is 22.8 Å². The number of hydrogen-bond acceptors (Lipinski definition) is 7. The lowest BCUT2D eigenvalue weighted by atomic mass is 10.1.